The maximum atomic E-state index is 12.4. The molecule has 0 saturated carbocycles. The predicted octanol–water partition coefficient (Wildman–Crippen LogP) is 1.85. The molecule has 0 atom stereocenters. The van der Waals surface area contributed by atoms with E-state index in [4.69, 9.17) is 13.9 Å². The summed E-state index contributed by atoms with van der Waals surface area (Å²) >= 11 is 0. The van der Waals surface area contributed by atoms with Crippen LogP contribution in [0.4, 0.5) is 0 Å². The van der Waals surface area contributed by atoms with Crippen LogP contribution in [-0.2, 0) is 20.8 Å². The van der Waals surface area contributed by atoms with Gasteiger partial charge in [0.1, 0.15) is 6.26 Å². The lowest BCUT2D eigenvalue weighted by molar-refractivity contribution is -0.133. The van der Waals surface area contributed by atoms with Crippen LogP contribution < -0.4 is 5.32 Å². The van der Waals surface area contributed by atoms with E-state index in [9.17, 15) is 9.59 Å². The van der Waals surface area contributed by atoms with Crippen molar-refractivity contribution in [2.24, 2.45) is 5.92 Å². The van der Waals surface area contributed by atoms with E-state index >= 15 is 0 Å². The Balaban J connectivity index is 2.62. The van der Waals surface area contributed by atoms with Gasteiger partial charge in [-0.3, -0.25) is 9.59 Å². The molecule has 1 rings (SSSR count). The summed E-state index contributed by atoms with van der Waals surface area (Å²) in [6, 6.07) is 0. The first-order chi connectivity index (χ1) is 12.5. The highest BCUT2D eigenvalue weighted by atomic mass is 16.5. The van der Waals surface area contributed by atoms with Crippen molar-refractivity contribution in [3.63, 3.8) is 0 Å². The van der Waals surface area contributed by atoms with E-state index < -0.39 is 0 Å². The molecular formula is C18H31N3O5. The van der Waals surface area contributed by atoms with Crippen LogP contribution in [0.5, 0.6) is 0 Å². The van der Waals surface area contributed by atoms with Gasteiger partial charge >= 0.3 is 0 Å². The molecule has 8 heteroatoms. The number of oxazole rings is 1. The molecule has 0 fully saturated rings. The van der Waals surface area contributed by atoms with Crippen LogP contribution in [0, 0.1) is 5.92 Å². The Hall–Kier alpha value is -1.93. The number of amides is 2. The van der Waals surface area contributed by atoms with Gasteiger partial charge in [-0.1, -0.05) is 13.8 Å². The van der Waals surface area contributed by atoms with Crippen molar-refractivity contribution in [1.82, 2.24) is 15.2 Å². The van der Waals surface area contributed by atoms with Gasteiger partial charge in [0.15, 0.2) is 5.69 Å². The number of aromatic nitrogens is 1. The van der Waals surface area contributed by atoms with Crippen molar-refractivity contribution < 1.29 is 23.5 Å². The van der Waals surface area contributed by atoms with E-state index in [0.29, 0.717) is 38.6 Å². The van der Waals surface area contributed by atoms with E-state index in [1.165, 1.54) is 6.26 Å². The van der Waals surface area contributed by atoms with E-state index in [0.717, 1.165) is 12.8 Å². The standard InChI is InChI=1S/C18H31N3O5/c1-14(2)11-17(22)21(8-6-10-25-4)12-16-20-15(13-26-16)18(23)19-7-5-9-24-3/h13-14H,5-12H2,1-4H3,(H,19,23). The molecule has 2 amide bonds. The number of rotatable bonds is 13. The normalized spacial score (nSPS) is 11.0. The Morgan fingerprint density at radius 2 is 1.92 bits per heavy atom. The van der Waals surface area contributed by atoms with Gasteiger partial charge in [0.05, 0.1) is 6.54 Å². The molecular weight excluding hydrogens is 338 g/mol. The van der Waals surface area contributed by atoms with Crippen LogP contribution in [0.3, 0.4) is 0 Å². The Kier molecular flexibility index (Phi) is 10.6. The van der Waals surface area contributed by atoms with Gasteiger partial charge in [0, 0.05) is 46.9 Å². The van der Waals surface area contributed by atoms with Crippen molar-refractivity contribution in [3.05, 3.63) is 17.8 Å². The van der Waals surface area contributed by atoms with Crippen molar-refractivity contribution in [2.75, 3.05) is 40.5 Å². The third-order valence-corrected chi connectivity index (χ3v) is 3.63. The summed E-state index contributed by atoms with van der Waals surface area (Å²) in [5.41, 5.74) is 0.213. The van der Waals surface area contributed by atoms with Gasteiger partial charge in [0.2, 0.25) is 11.8 Å². The lowest BCUT2D eigenvalue weighted by Crippen LogP contribution is -2.33. The van der Waals surface area contributed by atoms with Crippen LogP contribution in [0.1, 0.15) is 49.5 Å². The molecule has 1 heterocycles. The van der Waals surface area contributed by atoms with Crippen LogP contribution in [-0.4, -0.2) is 62.2 Å². The first-order valence-corrected chi connectivity index (χ1v) is 8.96. The minimum atomic E-state index is -0.296. The van der Waals surface area contributed by atoms with Gasteiger partial charge in [0.25, 0.3) is 5.91 Å². The van der Waals surface area contributed by atoms with E-state index in [1.54, 1.807) is 19.1 Å². The summed E-state index contributed by atoms with van der Waals surface area (Å²) in [4.78, 5) is 30.3. The molecule has 8 nitrogen and oxygen atoms in total. The van der Waals surface area contributed by atoms with E-state index in [2.05, 4.69) is 10.3 Å². The molecule has 0 unspecified atom stereocenters. The molecule has 1 aromatic heterocycles. The highest BCUT2D eigenvalue weighted by molar-refractivity contribution is 5.91. The second-order valence-electron chi connectivity index (χ2n) is 6.49. The first kappa shape index (κ1) is 22.1. The molecule has 1 N–H and O–H groups in total. The number of ether oxygens (including phenoxy) is 2. The molecule has 148 valence electrons. The zero-order valence-corrected chi connectivity index (χ0v) is 16.2. The summed E-state index contributed by atoms with van der Waals surface area (Å²) in [7, 11) is 3.25. The fourth-order valence-electron chi connectivity index (χ4n) is 2.33. The molecule has 0 spiro atoms. The van der Waals surface area contributed by atoms with Crippen LogP contribution >= 0.6 is 0 Å². The van der Waals surface area contributed by atoms with Gasteiger partial charge < -0.3 is 24.1 Å². The highest BCUT2D eigenvalue weighted by Gasteiger charge is 2.19. The van der Waals surface area contributed by atoms with Crippen LogP contribution in [0.25, 0.3) is 0 Å². The van der Waals surface area contributed by atoms with Crippen molar-refractivity contribution in [3.8, 4) is 0 Å². The van der Waals surface area contributed by atoms with Crippen LogP contribution in [0.15, 0.2) is 10.7 Å². The average molecular weight is 369 g/mol. The van der Waals surface area contributed by atoms with Crippen LogP contribution in [0.2, 0.25) is 0 Å². The number of hydrogen-bond donors (Lipinski definition) is 1. The quantitative estimate of drug-likeness (QED) is 0.533. The molecule has 0 aliphatic heterocycles. The van der Waals surface area contributed by atoms with Gasteiger partial charge in [-0.2, -0.15) is 0 Å². The number of methoxy groups -OCH3 is 2. The summed E-state index contributed by atoms with van der Waals surface area (Å²) in [5, 5.41) is 2.75. The molecule has 0 saturated heterocycles. The van der Waals surface area contributed by atoms with Gasteiger partial charge in [-0.05, 0) is 18.8 Å². The average Bonchev–Trinajstić information content (AvgIpc) is 3.06. The van der Waals surface area contributed by atoms with Gasteiger partial charge in [-0.15, -0.1) is 0 Å². The molecule has 1 aromatic rings. The molecule has 0 aromatic carbocycles. The van der Waals surface area contributed by atoms with E-state index in [-0.39, 0.29) is 30.0 Å². The zero-order chi connectivity index (χ0) is 19.4. The summed E-state index contributed by atoms with van der Waals surface area (Å²) in [5.74, 6) is 0.363. The smallest absolute Gasteiger partial charge is 0.273 e. The molecule has 26 heavy (non-hydrogen) atoms. The van der Waals surface area contributed by atoms with Crippen molar-refractivity contribution >= 4 is 11.8 Å². The first-order valence-electron chi connectivity index (χ1n) is 8.96. The number of nitrogens with zero attached hydrogens (tertiary/aromatic N) is 2. The molecule has 0 radical (unpaired) electrons. The Labute approximate surface area is 155 Å². The Bertz CT molecular complexity index is 545. The fraction of sp³-hybridized carbons (Fsp3) is 0.722. The summed E-state index contributed by atoms with van der Waals surface area (Å²) in [6.07, 6.45) is 3.24. The minimum absolute atomic E-state index is 0.0415. The number of carbonyl (C=O) groups is 2. The number of carbonyl (C=O) groups excluding carboxylic acids is 2. The van der Waals surface area contributed by atoms with Crippen molar-refractivity contribution in [2.45, 2.75) is 39.7 Å². The zero-order valence-electron chi connectivity index (χ0n) is 16.2. The molecule has 0 bridgehead atoms. The summed E-state index contributed by atoms with van der Waals surface area (Å²) < 4.78 is 15.4. The minimum Gasteiger partial charge on any atom is -0.446 e. The predicted molar refractivity (Wildman–Crippen MR) is 96.7 cm³/mol. The second-order valence-corrected chi connectivity index (χ2v) is 6.49. The van der Waals surface area contributed by atoms with Gasteiger partial charge in [-0.25, -0.2) is 4.98 Å². The molecule has 0 aliphatic carbocycles. The number of hydrogen-bond acceptors (Lipinski definition) is 6. The maximum absolute atomic E-state index is 12.4. The largest absolute Gasteiger partial charge is 0.446 e. The van der Waals surface area contributed by atoms with E-state index in [1.807, 2.05) is 13.8 Å². The third kappa shape index (κ3) is 8.44. The lowest BCUT2D eigenvalue weighted by atomic mass is 10.1. The monoisotopic (exact) mass is 369 g/mol. The highest BCUT2D eigenvalue weighted by Crippen LogP contribution is 2.11. The Morgan fingerprint density at radius 3 is 2.58 bits per heavy atom. The summed E-state index contributed by atoms with van der Waals surface area (Å²) in [6.45, 7) is 6.47. The molecule has 0 aliphatic rings. The topological polar surface area (TPSA) is 93.9 Å². The Morgan fingerprint density at radius 1 is 1.23 bits per heavy atom. The maximum Gasteiger partial charge on any atom is 0.273 e. The third-order valence-electron chi connectivity index (χ3n) is 3.63. The lowest BCUT2D eigenvalue weighted by Gasteiger charge is -2.22. The SMILES string of the molecule is COCCCNC(=O)c1coc(CN(CCCOC)C(=O)CC(C)C)n1. The van der Waals surface area contributed by atoms with Crippen molar-refractivity contribution in [1.29, 1.82) is 0 Å². The fourth-order valence-corrected chi connectivity index (χ4v) is 2.33. The second kappa shape index (κ2) is 12.4. The number of nitrogens with one attached hydrogen (secondary N) is 1.